The second-order valence-electron chi connectivity index (χ2n) is 7.16. The maximum absolute atomic E-state index is 13.1. The van der Waals surface area contributed by atoms with Crippen molar-refractivity contribution in [1.82, 2.24) is 15.4 Å². The number of aromatic nitrogens is 2. The number of nitro groups is 1. The molecule has 35 heavy (non-hydrogen) atoms. The Bertz CT molecular complexity index is 1410. The number of carbonyl (C=O) groups excluding carboxylic acids is 3. The molecule has 5 N–H and O–H groups in total. The number of nitrogens with one attached hydrogen (secondary N) is 3. The number of aromatic amines is 1. The Morgan fingerprint density at radius 3 is 2.49 bits per heavy atom. The Labute approximate surface area is 196 Å². The van der Waals surface area contributed by atoms with Gasteiger partial charge in [0.05, 0.1) is 23.1 Å². The molecule has 0 fully saturated rings. The molecule has 1 heterocycles. The quantitative estimate of drug-likeness (QED) is 0.165. The Balaban J connectivity index is 2.14. The minimum atomic E-state index is -1.79. The van der Waals surface area contributed by atoms with Gasteiger partial charge in [-0.1, -0.05) is 17.7 Å². The highest BCUT2D eigenvalue weighted by Crippen LogP contribution is 2.21. The number of aryl methyl sites for hydroxylation is 1. The summed E-state index contributed by atoms with van der Waals surface area (Å²) in [4.78, 5) is 66.8. The van der Waals surface area contributed by atoms with Crippen molar-refractivity contribution in [3.05, 3.63) is 74.2 Å². The number of non-ortho nitro benzene ring substituents is 1. The molecule has 0 saturated carbocycles. The Morgan fingerprint density at radius 2 is 1.89 bits per heavy atom. The second-order valence-corrected chi connectivity index (χ2v) is 7.16. The minimum Gasteiger partial charge on any atom is -0.468 e. The summed E-state index contributed by atoms with van der Waals surface area (Å²) in [6.45, 7) is 1.84. The summed E-state index contributed by atoms with van der Waals surface area (Å²) in [6.07, 6.45) is 0. The van der Waals surface area contributed by atoms with Crippen molar-refractivity contribution in [3.8, 4) is 0 Å². The van der Waals surface area contributed by atoms with Crippen LogP contribution in [0.2, 0.25) is 0 Å². The molecule has 0 radical (unpaired) electrons. The number of nitro benzene ring substituents is 1. The maximum atomic E-state index is 13.1. The molecule has 1 unspecified atom stereocenters. The number of urea groups is 1. The predicted molar refractivity (Wildman–Crippen MR) is 124 cm³/mol. The summed E-state index contributed by atoms with van der Waals surface area (Å²) in [7, 11) is 1.02. The molecule has 3 aromatic rings. The van der Waals surface area contributed by atoms with Crippen LogP contribution in [0, 0.1) is 17.0 Å². The number of esters is 1. The number of methoxy groups -OCH3 is 1. The Morgan fingerprint density at radius 1 is 1.20 bits per heavy atom. The average Bonchev–Trinajstić information content (AvgIpc) is 2.82. The number of nitrogens with two attached hydrogens (primary N) is 1. The topological polar surface area (TPSA) is 212 Å². The van der Waals surface area contributed by atoms with Crippen molar-refractivity contribution in [3.63, 3.8) is 0 Å². The van der Waals surface area contributed by atoms with Gasteiger partial charge in [-0.15, -0.1) is 0 Å². The summed E-state index contributed by atoms with van der Waals surface area (Å²) < 4.78 is 4.76. The van der Waals surface area contributed by atoms with Gasteiger partial charge >= 0.3 is 12.0 Å². The summed E-state index contributed by atoms with van der Waals surface area (Å²) in [6, 6.07) is 8.99. The van der Waals surface area contributed by atoms with E-state index in [1.54, 1.807) is 24.3 Å². The van der Waals surface area contributed by atoms with E-state index in [-0.39, 0.29) is 16.7 Å². The third-order valence-corrected chi connectivity index (χ3v) is 4.73. The van der Waals surface area contributed by atoms with Gasteiger partial charge in [0.25, 0.3) is 17.2 Å². The number of primary amides is 1. The van der Waals surface area contributed by atoms with E-state index in [1.165, 1.54) is 6.07 Å². The van der Waals surface area contributed by atoms with E-state index >= 15 is 0 Å². The van der Waals surface area contributed by atoms with Crippen LogP contribution in [-0.2, 0) is 14.3 Å². The fourth-order valence-corrected chi connectivity index (χ4v) is 3.06. The van der Waals surface area contributed by atoms with Crippen LogP contribution in [0.5, 0.6) is 0 Å². The second kappa shape index (κ2) is 10.2. The Hall–Kier alpha value is -5.14. The van der Waals surface area contributed by atoms with Gasteiger partial charge in [-0.2, -0.15) is 5.10 Å². The molecule has 0 aliphatic carbocycles. The van der Waals surface area contributed by atoms with Gasteiger partial charge in [-0.25, -0.2) is 15.2 Å². The summed E-state index contributed by atoms with van der Waals surface area (Å²) in [5.74, 6) is -3.84. The zero-order valence-corrected chi connectivity index (χ0v) is 18.4. The highest BCUT2D eigenvalue weighted by atomic mass is 16.6. The van der Waals surface area contributed by atoms with E-state index in [9.17, 15) is 29.3 Å². The number of fused-ring (bicyclic) bond motifs is 1. The molecule has 0 saturated heterocycles. The van der Waals surface area contributed by atoms with Crippen LogP contribution in [0.1, 0.15) is 17.2 Å². The summed E-state index contributed by atoms with van der Waals surface area (Å²) in [5.41, 5.74) is 5.92. The van der Waals surface area contributed by atoms with E-state index in [0.717, 1.165) is 24.8 Å². The zero-order valence-electron chi connectivity index (χ0n) is 18.4. The van der Waals surface area contributed by atoms with Gasteiger partial charge in [0, 0.05) is 17.8 Å². The molecule has 3 rings (SSSR count). The molecular weight excluding hydrogens is 462 g/mol. The van der Waals surface area contributed by atoms with E-state index in [1.807, 2.05) is 12.3 Å². The number of amides is 3. The van der Waals surface area contributed by atoms with Crippen molar-refractivity contribution >= 4 is 46.0 Å². The third-order valence-electron chi connectivity index (χ3n) is 4.73. The molecule has 2 aromatic carbocycles. The van der Waals surface area contributed by atoms with E-state index in [4.69, 9.17) is 10.5 Å². The van der Waals surface area contributed by atoms with Gasteiger partial charge < -0.3 is 20.8 Å². The van der Waals surface area contributed by atoms with Crippen LogP contribution in [0.4, 0.5) is 16.2 Å². The highest BCUT2D eigenvalue weighted by molar-refractivity contribution is 6.47. The lowest BCUT2D eigenvalue weighted by molar-refractivity contribution is -0.384. The molecule has 1 aromatic heterocycles. The molecule has 1 atom stereocenters. The smallest absolute Gasteiger partial charge is 0.332 e. The molecule has 0 spiro atoms. The number of hydrogen-bond acceptors (Lipinski definition) is 9. The monoisotopic (exact) mass is 481 g/mol. The molecule has 180 valence electrons. The number of hydrogen-bond donors (Lipinski definition) is 4. The van der Waals surface area contributed by atoms with Gasteiger partial charge in [0.2, 0.25) is 0 Å². The lowest BCUT2D eigenvalue weighted by Crippen LogP contribution is -2.39. The number of carbonyl (C=O) groups is 3. The lowest BCUT2D eigenvalue weighted by atomic mass is 9.98. The first-order valence-corrected chi connectivity index (χ1v) is 9.88. The molecule has 3 amide bonds. The first kappa shape index (κ1) is 24.5. The number of nitrogens with zero attached hydrogens (tertiary/aromatic N) is 3. The first-order chi connectivity index (χ1) is 16.6. The first-order valence-electron chi connectivity index (χ1n) is 9.88. The Kier molecular flexibility index (Phi) is 7.14. The highest BCUT2D eigenvalue weighted by Gasteiger charge is 2.36. The van der Waals surface area contributed by atoms with E-state index < -0.39 is 45.7 Å². The van der Waals surface area contributed by atoms with Crippen LogP contribution in [0.3, 0.4) is 0 Å². The van der Waals surface area contributed by atoms with Crippen LogP contribution in [0.25, 0.3) is 11.0 Å². The van der Waals surface area contributed by atoms with Crippen molar-refractivity contribution in [2.24, 2.45) is 10.8 Å². The number of H-pyrrole nitrogens is 1. The van der Waals surface area contributed by atoms with Crippen molar-refractivity contribution < 1.29 is 24.0 Å². The van der Waals surface area contributed by atoms with Gasteiger partial charge in [-0.05, 0) is 25.1 Å². The number of rotatable bonds is 7. The molecule has 0 aliphatic heterocycles. The number of anilines is 1. The SMILES string of the molecule is COC(=O)C(C(=NNC(N)=O)C(=O)Nc1ccc(C)cc1)c1nc2ccc([N+](=O)[O-])cc2[nH]c1=O. The maximum Gasteiger partial charge on any atom is 0.332 e. The predicted octanol–water partition coefficient (Wildman–Crippen LogP) is 1.06. The van der Waals surface area contributed by atoms with Gasteiger partial charge in [-0.3, -0.25) is 24.5 Å². The zero-order chi connectivity index (χ0) is 25.7. The largest absolute Gasteiger partial charge is 0.468 e. The van der Waals surface area contributed by atoms with Gasteiger partial charge in [0.15, 0.2) is 5.92 Å². The van der Waals surface area contributed by atoms with E-state index in [2.05, 4.69) is 20.4 Å². The summed E-state index contributed by atoms with van der Waals surface area (Å²) in [5, 5.41) is 17.2. The number of benzene rings is 2. The molecule has 14 heteroatoms. The fourth-order valence-electron chi connectivity index (χ4n) is 3.06. The molecule has 0 aliphatic rings. The fraction of sp³-hybridized carbons (Fsp3) is 0.143. The number of ether oxygens (including phenoxy) is 1. The van der Waals surface area contributed by atoms with Crippen molar-refractivity contribution in [2.75, 3.05) is 12.4 Å². The van der Waals surface area contributed by atoms with Crippen LogP contribution < -0.4 is 22.0 Å². The third kappa shape index (κ3) is 5.62. The average molecular weight is 481 g/mol. The normalized spacial score (nSPS) is 12.0. The van der Waals surface area contributed by atoms with E-state index in [0.29, 0.717) is 5.69 Å². The van der Waals surface area contributed by atoms with Crippen molar-refractivity contribution in [2.45, 2.75) is 12.8 Å². The molecular formula is C21H19N7O7. The lowest BCUT2D eigenvalue weighted by Gasteiger charge is -2.16. The van der Waals surface area contributed by atoms with Crippen molar-refractivity contribution in [1.29, 1.82) is 0 Å². The van der Waals surface area contributed by atoms with Crippen LogP contribution in [-0.4, -0.2) is 45.6 Å². The standard InChI is InChI=1S/C21H19N7O7/c1-10-3-5-11(6-4-10)23-19(30)17(26-27-21(22)32)15(20(31)35-2)16-18(29)25-14-9-12(28(33)34)7-8-13(14)24-16/h3-9,15H,1-2H3,(H,23,30)(H,25,29)(H3,22,27,32). The molecule has 0 bridgehead atoms. The van der Waals surface area contributed by atoms with Crippen LogP contribution in [0.15, 0.2) is 52.4 Å². The molecule has 14 nitrogen and oxygen atoms in total. The van der Waals surface area contributed by atoms with Gasteiger partial charge in [0.1, 0.15) is 11.4 Å². The number of hydrazone groups is 1. The van der Waals surface area contributed by atoms with Crippen LogP contribution >= 0.6 is 0 Å². The summed E-state index contributed by atoms with van der Waals surface area (Å²) >= 11 is 0. The minimum absolute atomic E-state index is 0.0226.